The number of aromatic nitrogens is 1. The molecule has 0 unspecified atom stereocenters. The Kier molecular flexibility index (Phi) is 3.69. The molecule has 90 valence electrons. The van der Waals surface area contributed by atoms with Crippen molar-refractivity contribution in [3.8, 4) is 0 Å². The Balaban J connectivity index is 3.56. The number of halogens is 6. The summed E-state index contributed by atoms with van der Waals surface area (Å²) in [6, 6.07) is 0. The van der Waals surface area contributed by atoms with Gasteiger partial charge in [-0.05, 0) is 0 Å². The van der Waals surface area contributed by atoms with E-state index in [9.17, 15) is 22.0 Å². The van der Waals surface area contributed by atoms with E-state index in [1.54, 1.807) is 0 Å². The second kappa shape index (κ2) is 4.50. The van der Waals surface area contributed by atoms with Crippen molar-refractivity contribution in [3.63, 3.8) is 0 Å². The van der Waals surface area contributed by atoms with Crippen LogP contribution in [0.4, 0.5) is 22.0 Å². The maximum absolute atomic E-state index is 12.5. The molecule has 1 heterocycles. The van der Waals surface area contributed by atoms with Crippen LogP contribution in [0.25, 0.3) is 0 Å². The molecule has 0 saturated carbocycles. The molecule has 0 aliphatic rings. The topological polar surface area (TPSA) is 33.1 Å². The van der Waals surface area contributed by atoms with Gasteiger partial charge in [-0.1, -0.05) is 11.6 Å². The molecule has 16 heavy (non-hydrogen) atoms. The highest BCUT2D eigenvalue weighted by Gasteiger charge is 2.39. The molecule has 0 spiro atoms. The van der Waals surface area contributed by atoms with Gasteiger partial charge in [0, 0.05) is 11.8 Å². The summed E-state index contributed by atoms with van der Waals surface area (Å²) in [6.45, 7) is -1.04. The molecule has 0 atom stereocenters. The summed E-state index contributed by atoms with van der Waals surface area (Å²) in [7, 11) is 0. The molecule has 8 heteroatoms. The normalized spacial score (nSPS) is 12.2. The highest BCUT2D eigenvalue weighted by Crippen LogP contribution is 2.40. The van der Waals surface area contributed by atoms with Crippen LogP contribution in [0.2, 0.25) is 5.15 Å². The average molecular weight is 262 g/mol. The monoisotopic (exact) mass is 261 g/mol. The Morgan fingerprint density at radius 1 is 1.38 bits per heavy atom. The Bertz CT molecular complexity index is 393. The fourth-order valence-corrected chi connectivity index (χ4v) is 1.42. The summed E-state index contributed by atoms with van der Waals surface area (Å²) in [5, 5.41) is 7.73. The van der Waals surface area contributed by atoms with E-state index in [1.807, 2.05) is 0 Å². The first kappa shape index (κ1) is 13.1. The fraction of sp³-hybridized carbons (Fsp3) is 0.375. The summed E-state index contributed by atoms with van der Waals surface area (Å²) >= 11 is 5.19. The molecular formula is C8H5ClF5NO. The number of pyridine rings is 1. The Hall–Kier alpha value is -0.950. The van der Waals surface area contributed by atoms with E-state index in [1.165, 1.54) is 0 Å². The third kappa shape index (κ3) is 2.41. The molecular weight excluding hydrogens is 257 g/mol. The van der Waals surface area contributed by atoms with Gasteiger partial charge in [0.1, 0.15) is 5.15 Å². The second-order valence-electron chi connectivity index (χ2n) is 2.82. The molecule has 0 aromatic carbocycles. The first-order chi connectivity index (χ1) is 7.29. The van der Waals surface area contributed by atoms with E-state index < -0.39 is 41.1 Å². The fourth-order valence-electron chi connectivity index (χ4n) is 1.20. The lowest BCUT2D eigenvalue weighted by atomic mass is 10.0. The van der Waals surface area contributed by atoms with Gasteiger partial charge in [0.25, 0.3) is 6.43 Å². The largest absolute Gasteiger partial charge is 0.417 e. The maximum atomic E-state index is 12.5. The molecule has 1 rings (SSSR count). The van der Waals surface area contributed by atoms with Crippen LogP contribution in [0.15, 0.2) is 6.20 Å². The Labute approximate surface area is 91.7 Å². The lowest BCUT2D eigenvalue weighted by Gasteiger charge is -2.16. The smallest absolute Gasteiger partial charge is 0.392 e. The van der Waals surface area contributed by atoms with Gasteiger partial charge in [0.15, 0.2) is 0 Å². The van der Waals surface area contributed by atoms with E-state index >= 15 is 0 Å². The number of hydrogen-bond donors (Lipinski definition) is 1. The zero-order chi connectivity index (χ0) is 12.5. The molecule has 1 aromatic rings. The van der Waals surface area contributed by atoms with Crippen LogP contribution in [-0.4, -0.2) is 10.1 Å². The van der Waals surface area contributed by atoms with Gasteiger partial charge >= 0.3 is 6.18 Å². The van der Waals surface area contributed by atoms with Crippen molar-refractivity contribution in [1.82, 2.24) is 4.98 Å². The number of rotatable bonds is 2. The molecule has 0 fully saturated rings. The highest BCUT2D eigenvalue weighted by atomic mass is 35.5. The van der Waals surface area contributed by atoms with E-state index in [0.29, 0.717) is 6.20 Å². The third-order valence-corrected chi connectivity index (χ3v) is 2.12. The van der Waals surface area contributed by atoms with E-state index in [2.05, 4.69) is 4.98 Å². The number of nitrogens with zero attached hydrogens (tertiary/aromatic N) is 1. The zero-order valence-corrected chi connectivity index (χ0v) is 8.28. The number of hydrogen-bond acceptors (Lipinski definition) is 2. The van der Waals surface area contributed by atoms with Gasteiger partial charge in [0.05, 0.1) is 17.7 Å². The van der Waals surface area contributed by atoms with Gasteiger partial charge in [-0.25, -0.2) is 13.8 Å². The van der Waals surface area contributed by atoms with Crippen LogP contribution < -0.4 is 0 Å². The minimum Gasteiger partial charge on any atom is -0.392 e. The van der Waals surface area contributed by atoms with Crippen LogP contribution in [0, 0.1) is 0 Å². The van der Waals surface area contributed by atoms with Crippen molar-refractivity contribution in [2.45, 2.75) is 19.2 Å². The minimum atomic E-state index is -5.02. The first-order valence-electron chi connectivity index (χ1n) is 3.92. The molecule has 0 aliphatic heterocycles. The Morgan fingerprint density at radius 3 is 2.31 bits per heavy atom. The molecule has 0 saturated heterocycles. The van der Waals surface area contributed by atoms with Crippen LogP contribution in [0.3, 0.4) is 0 Å². The molecule has 0 bridgehead atoms. The van der Waals surface area contributed by atoms with Gasteiger partial charge in [0.2, 0.25) is 0 Å². The summed E-state index contributed by atoms with van der Waals surface area (Å²) in [4.78, 5) is 3.17. The minimum absolute atomic E-state index is 0.622. The second-order valence-corrected chi connectivity index (χ2v) is 3.18. The van der Waals surface area contributed by atoms with Crippen LogP contribution in [-0.2, 0) is 12.8 Å². The van der Waals surface area contributed by atoms with Crippen molar-refractivity contribution < 1.29 is 27.1 Å². The van der Waals surface area contributed by atoms with Crippen molar-refractivity contribution >= 4 is 11.6 Å². The predicted octanol–water partition coefficient (Wildman–Crippen LogP) is 3.18. The van der Waals surface area contributed by atoms with Gasteiger partial charge < -0.3 is 5.11 Å². The number of alkyl halides is 5. The lowest BCUT2D eigenvalue weighted by molar-refractivity contribution is -0.140. The summed E-state index contributed by atoms with van der Waals surface area (Å²) in [5.41, 5.74) is -3.75. The predicted molar refractivity (Wildman–Crippen MR) is 45.1 cm³/mol. The summed E-state index contributed by atoms with van der Waals surface area (Å²) in [6.07, 6.45) is -7.81. The quantitative estimate of drug-likeness (QED) is 0.655. The number of aliphatic hydroxyl groups excluding tert-OH is 1. The molecule has 0 aliphatic carbocycles. The first-order valence-corrected chi connectivity index (χ1v) is 4.30. The van der Waals surface area contributed by atoms with E-state index in [-0.39, 0.29) is 0 Å². The zero-order valence-electron chi connectivity index (χ0n) is 7.52. The van der Waals surface area contributed by atoms with Crippen molar-refractivity contribution in [3.05, 3.63) is 28.0 Å². The molecule has 1 N–H and O–H groups in total. The van der Waals surface area contributed by atoms with Crippen molar-refractivity contribution in [2.24, 2.45) is 0 Å². The molecule has 0 radical (unpaired) electrons. The van der Waals surface area contributed by atoms with E-state index in [0.717, 1.165) is 0 Å². The average Bonchev–Trinajstić information content (AvgIpc) is 2.15. The summed E-state index contributed by atoms with van der Waals surface area (Å²) < 4.78 is 62.4. The van der Waals surface area contributed by atoms with E-state index in [4.69, 9.17) is 16.7 Å². The lowest BCUT2D eigenvalue weighted by Crippen LogP contribution is -2.15. The summed E-state index contributed by atoms with van der Waals surface area (Å²) in [5.74, 6) is 0. The maximum Gasteiger partial charge on any atom is 0.417 e. The third-order valence-electron chi connectivity index (χ3n) is 1.82. The molecule has 0 amide bonds. The van der Waals surface area contributed by atoms with Crippen molar-refractivity contribution in [1.29, 1.82) is 0 Å². The number of aliphatic hydroxyl groups is 1. The Morgan fingerprint density at radius 2 is 1.94 bits per heavy atom. The van der Waals surface area contributed by atoms with Crippen LogP contribution >= 0.6 is 11.6 Å². The van der Waals surface area contributed by atoms with Gasteiger partial charge in [-0.2, -0.15) is 13.2 Å². The standard InChI is InChI=1S/C8H5ClF5NO/c9-6-4(7(10)11)5(8(12,13)14)3(2-16)1-15-6/h1,7,16H,2H2. The SMILES string of the molecule is OCc1cnc(Cl)c(C(F)F)c1C(F)(F)F. The van der Waals surface area contributed by atoms with Crippen LogP contribution in [0.1, 0.15) is 23.1 Å². The highest BCUT2D eigenvalue weighted by molar-refractivity contribution is 6.30. The van der Waals surface area contributed by atoms with Crippen LogP contribution in [0.5, 0.6) is 0 Å². The van der Waals surface area contributed by atoms with Gasteiger partial charge in [-0.3, -0.25) is 0 Å². The van der Waals surface area contributed by atoms with Crippen molar-refractivity contribution in [2.75, 3.05) is 0 Å². The van der Waals surface area contributed by atoms with Gasteiger partial charge in [-0.15, -0.1) is 0 Å². The molecule has 1 aromatic heterocycles. The molecule has 2 nitrogen and oxygen atoms in total.